The summed E-state index contributed by atoms with van der Waals surface area (Å²) in [6.07, 6.45) is 0. The van der Waals surface area contributed by atoms with Gasteiger partial charge < -0.3 is 15.2 Å². The Morgan fingerprint density at radius 3 is 2.79 bits per heavy atom. The molecule has 0 bridgehead atoms. The van der Waals surface area contributed by atoms with Gasteiger partial charge in [0, 0.05) is 0 Å². The molecule has 76 valence electrons. The third kappa shape index (κ3) is 2.16. The fourth-order valence-corrected chi connectivity index (χ4v) is 1.06. The molecule has 0 aromatic heterocycles. The van der Waals surface area contributed by atoms with Crippen molar-refractivity contribution in [3.05, 3.63) is 23.8 Å². The van der Waals surface area contributed by atoms with Crippen LogP contribution in [0.5, 0.6) is 5.75 Å². The third-order valence-corrected chi connectivity index (χ3v) is 1.73. The first-order valence-corrected chi connectivity index (χ1v) is 4.29. The van der Waals surface area contributed by atoms with Crippen LogP contribution in [-0.2, 0) is 4.74 Å². The summed E-state index contributed by atoms with van der Waals surface area (Å²) in [7, 11) is 1.33. The molecule has 14 heavy (non-hydrogen) atoms. The van der Waals surface area contributed by atoms with Crippen molar-refractivity contribution >= 4 is 11.7 Å². The van der Waals surface area contributed by atoms with E-state index in [4.69, 9.17) is 10.5 Å². The molecule has 0 spiro atoms. The molecule has 0 atom stereocenters. The number of methoxy groups -OCH3 is 1. The summed E-state index contributed by atoms with van der Waals surface area (Å²) in [5.41, 5.74) is 6.59. The number of benzene rings is 1. The van der Waals surface area contributed by atoms with Gasteiger partial charge >= 0.3 is 5.97 Å². The summed E-state index contributed by atoms with van der Waals surface area (Å²) in [5.74, 6) is 0.112. The van der Waals surface area contributed by atoms with E-state index in [1.807, 2.05) is 6.92 Å². The molecule has 1 rings (SSSR count). The van der Waals surface area contributed by atoms with Gasteiger partial charge in [-0.15, -0.1) is 0 Å². The van der Waals surface area contributed by atoms with Crippen LogP contribution in [0.25, 0.3) is 0 Å². The minimum Gasteiger partial charge on any atom is -0.492 e. The summed E-state index contributed by atoms with van der Waals surface area (Å²) in [6, 6.07) is 4.80. The van der Waals surface area contributed by atoms with Crippen molar-refractivity contribution in [1.29, 1.82) is 0 Å². The molecule has 0 saturated heterocycles. The number of esters is 1. The number of carbonyl (C=O) groups excluding carboxylic acids is 1. The van der Waals surface area contributed by atoms with Gasteiger partial charge in [-0.25, -0.2) is 4.79 Å². The molecule has 2 N–H and O–H groups in total. The maximum absolute atomic E-state index is 11.2. The van der Waals surface area contributed by atoms with E-state index >= 15 is 0 Å². The highest BCUT2D eigenvalue weighted by molar-refractivity contribution is 5.90. The van der Waals surface area contributed by atoms with Gasteiger partial charge in [0.1, 0.15) is 5.75 Å². The highest BCUT2D eigenvalue weighted by Gasteiger charge is 2.08. The van der Waals surface area contributed by atoms with E-state index in [0.717, 1.165) is 0 Å². The monoisotopic (exact) mass is 195 g/mol. The predicted molar refractivity (Wildman–Crippen MR) is 53.4 cm³/mol. The van der Waals surface area contributed by atoms with Crippen molar-refractivity contribution in [3.63, 3.8) is 0 Å². The smallest absolute Gasteiger partial charge is 0.337 e. The molecular formula is C10H13NO3. The molecule has 0 radical (unpaired) electrons. The summed E-state index contributed by atoms with van der Waals surface area (Å²) >= 11 is 0. The average molecular weight is 195 g/mol. The second-order valence-corrected chi connectivity index (χ2v) is 2.68. The fourth-order valence-electron chi connectivity index (χ4n) is 1.06. The van der Waals surface area contributed by atoms with Gasteiger partial charge in [0.25, 0.3) is 0 Å². The molecule has 0 fully saturated rings. The van der Waals surface area contributed by atoms with E-state index in [1.165, 1.54) is 7.11 Å². The summed E-state index contributed by atoms with van der Waals surface area (Å²) < 4.78 is 9.81. The Hall–Kier alpha value is -1.71. The second-order valence-electron chi connectivity index (χ2n) is 2.68. The van der Waals surface area contributed by atoms with Crippen LogP contribution in [0.3, 0.4) is 0 Å². The number of hydrogen-bond donors (Lipinski definition) is 1. The fraction of sp³-hybridized carbons (Fsp3) is 0.300. The lowest BCUT2D eigenvalue weighted by Gasteiger charge is -2.07. The van der Waals surface area contributed by atoms with Crippen molar-refractivity contribution in [2.75, 3.05) is 19.5 Å². The molecule has 0 saturated carbocycles. The molecule has 0 heterocycles. The number of anilines is 1. The van der Waals surface area contributed by atoms with Crippen molar-refractivity contribution in [3.8, 4) is 5.75 Å². The Balaban J connectivity index is 2.99. The largest absolute Gasteiger partial charge is 0.492 e. The number of hydrogen-bond acceptors (Lipinski definition) is 4. The van der Waals surface area contributed by atoms with Crippen LogP contribution in [0.15, 0.2) is 18.2 Å². The average Bonchev–Trinajstić information content (AvgIpc) is 2.20. The normalized spacial score (nSPS) is 9.57. The van der Waals surface area contributed by atoms with Crippen LogP contribution in [-0.4, -0.2) is 19.7 Å². The molecular weight excluding hydrogens is 182 g/mol. The third-order valence-electron chi connectivity index (χ3n) is 1.73. The van der Waals surface area contributed by atoms with E-state index in [2.05, 4.69) is 4.74 Å². The molecule has 4 nitrogen and oxygen atoms in total. The lowest BCUT2D eigenvalue weighted by molar-refractivity contribution is 0.0600. The minimum absolute atomic E-state index is 0.397. The molecule has 1 aromatic carbocycles. The van der Waals surface area contributed by atoms with Crippen molar-refractivity contribution in [2.24, 2.45) is 0 Å². The van der Waals surface area contributed by atoms with Crippen molar-refractivity contribution < 1.29 is 14.3 Å². The number of ether oxygens (including phenoxy) is 2. The molecule has 0 aliphatic heterocycles. The van der Waals surface area contributed by atoms with Crippen LogP contribution >= 0.6 is 0 Å². The Morgan fingerprint density at radius 1 is 1.50 bits per heavy atom. The van der Waals surface area contributed by atoms with Crippen LogP contribution in [0.1, 0.15) is 17.3 Å². The Labute approximate surface area is 82.6 Å². The zero-order valence-electron chi connectivity index (χ0n) is 8.24. The molecule has 1 aromatic rings. The number of nitrogens with two attached hydrogens (primary N) is 1. The van der Waals surface area contributed by atoms with E-state index in [9.17, 15) is 4.79 Å². The second kappa shape index (κ2) is 4.50. The number of rotatable bonds is 3. The SMILES string of the molecule is CCOc1cc(C(=O)OC)ccc1N. The maximum Gasteiger partial charge on any atom is 0.337 e. The minimum atomic E-state index is -0.397. The maximum atomic E-state index is 11.2. The van der Waals surface area contributed by atoms with Crippen LogP contribution in [0.4, 0.5) is 5.69 Å². The van der Waals surface area contributed by atoms with Crippen LogP contribution < -0.4 is 10.5 Å². The molecule has 0 aliphatic rings. The number of nitrogen functional groups attached to an aromatic ring is 1. The Kier molecular flexibility index (Phi) is 3.34. The summed E-state index contributed by atoms with van der Waals surface area (Å²) in [4.78, 5) is 11.2. The van der Waals surface area contributed by atoms with Crippen molar-refractivity contribution in [2.45, 2.75) is 6.92 Å². The molecule has 0 aliphatic carbocycles. The van der Waals surface area contributed by atoms with E-state index in [-0.39, 0.29) is 0 Å². The summed E-state index contributed by atoms with van der Waals surface area (Å²) in [5, 5.41) is 0. The van der Waals surface area contributed by atoms with Gasteiger partial charge in [-0.05, 0) is 25.1 Å². The van der Waals surface area contributed by atoms with Crippen molar-refractivity contribution in [1.82, 2.24) is 0 Å². The van der Waals surface area contributed by atoms with Gasteiger partial charge in [-0.1, -0.05) is 0 Å². The van der Waals surface area contributed by atoms with Crippen LogP contribution in [0, 0.1) is 0 Å². The standard InChI is InChI=1S/C10H13NO3/c1-3-14-9-6-7(10(12)13-2)4-5-8(9)11/h4-6H,3,11H2,1-2H3. The Bertz CT molecular complexity index is 336. The van der Waals surface area contributed by atoms with Gasteiger partial charge in [0.05, 0.1) is 25.0 Å². The lowest BCUT2D eigenvalue weighted by Crippen LogP contribution is -2.03. The molecule has 4 heteroatoms. The van der Waals surface area contributed by atoms with E-state index in [1.54, 1.807) is 18.2 Å². The number of carbonyl (C=O) groups is 1. The van der Waals surface area contributed by atoms with E-state index in [0.29, 0.717) is 23.6 Å². The zero-order valence-corrected chi connectivity index (χ0v) is 8.24. The van der Waals surface area contributed by atoms with Crippen LogP contribution in [0.2, 0.25) is 0 Å². The van der Waals surface area contributed by atoms with Gasteiger partial charge in [0.15, 0.2) is 0 Å². The first kappa shape index (κ1) is 10.4. The first-order chi connectivity index (χ1) is 6.69. The first-order valence-electron chi connectivity index (χ1n) is 4.29. The van der Waals surface area contributed by atoms with Gasteiger partial charge in [-0.2, -0.15) is 0 Å². The molecule has 0 amide bonds. The highest BCUT2D eigenvalue weighted by atomic mass is 16.5. The Morgan fingerprint density at radius 2 is 2.21 bits per heavy atom. The molecule has 0 unspecified atom stereocenters. The zero-order chi connectivity index (χ0) is 10.6. The van der Waals surface area contributed by atoms with Gasteiger partial charge in [0.2, 0.25) is 0 Å². The summed E-state index contributed by atoms with van der Waals surface area (Å²) in [6.45, 7) is 2.36. The van der Waals surface area contributed by atoms with Gasteiger partial charge in [-0.3, -0.25) is 0 Å². The quantitative estimate of drug-likeness (QED) is 0.585. The predicted octanol–water partition coefficient (Wildman–Crippen LogP) is 1.45. The van der Waals surface area contributed by atoms with E-state index < -0.39 is 5.97 Å². The lowest BCUT2D eigenvalue weighted by atomic mass is 10.2. The highest BCUT2D eigenvalue weighted by Crippen LogP contribution is 2.22. The topological polar surface area (TPSA) is 61.5 Å².